The number of aromatic nitrogens is 4. The predicted octanol–water partition coefficient (Wildman–Crippen LogP) is 2.85. The van der Waals surface area contributed by atoms with Gasteiger partial charge in [0, 0.05) is 38.3 Å². The molecule has 184 valence electrons. The molecule has 2 aromatic heterocycles. The van der Waals surface area contributed by atoms with Crippen LogP contribution in [0.15, 0.2) is 35.6 Å². The molecule has 1 aromatic carbocycles. The third kappa shape index (κ3) is 4.95. The topological polar surface area (TPSA) is 96.2 Å². The minimum atomic E-state index is -0.446. The van der Waals surface area contributed by atoms with E-state index in [1.807, 2.05) is 0 Å². The fourth-order valence-electron chi connectivity index (χ4n) is 4.63. The molecule has 11 heteroatoms. The first kappa shape index (κ1) is 23.5. The van der Waals surface area contributed by atoms with E-state index in [4.69, 9.17) is 9.97 Å². The predicted molar refractivity (Wildman–Crippen MR) is 133 cm³/mol. The standard InChI is InChI=1S/C24H28FN7O2S/c1-2-35-24-28-21(30-10-3-4-11-30)19-14-27-32(22(19)29-24)12-9-26-23(34)16-13-20(33)31(15-16)18-7-5-17(25)6-8-18/h5-8,14,16H,2-4,9-13,15H2,1H3,(H,26,34). The summed E-state index contributed by atoms with van der Waals surface area (Å²) in [5.74, 6) is 0.696. The van der Waals surface area contributed by atoms with Crippen LogP contribution in [0.5, 0.6) is 0 Å². The molecule has 0 radical (unpaired) electrons. The van der Waals surface area contributed by atoms with Crippen LogP contribution in [0.25, 0.3) is 11.0 Å². The molecule has 0 bridgehead atoms. The third-order valence-corrected chi connectivity index (χ3v) is 7.12. The SMILES string of the molecule is CCSc1nc(N2CCCC2)c2cnn(CCNC(=O)C3CC(=O)N(c4ccc(F)cc4)C3)c2n1. The number of nitrogens with zero attached hydrogens (tertiary/aromatic N) is 6. The van der Waals surface area contributed by atoms with Crippen molar-refractivity contribution in [2.75, 3.05) is 41.7 Å². The highest BCUT2D eigenvalue weighted by Crippen LogP contribution is 2.29. The molecule has 3 aromatic rings. The van der Waals surface area contributed by atoms with Crippen LogP contribution in [-0.4, -0.2) is 63.5 Å². The molecule has 1 unspecified atom stereocenters. The van der Waals surface area contributed by atoms with Gasteiger partial charge in [-0.25, -0.2) is 19.0 Å². The highest BCUT2D eigenvalue weighted by atomic mass is 32.2. The molecule has 2 saturated heterocycles. The molecule has 0 aliphatic carbocycles. The number of rotatable bonds is 8. The zero-order chi connectivity index (χ0) is 24.4. The maximum atomic E-state index is 13.2. The van der Waals surface area contributed by atoms with Gasteiger partial charge in [-0.1, -0.05) is 18.7 Å². The minimum Gasteiger partial charge on any atom is -0.356 e. The molecule has 9 nitrogen and oxygen atoms in total. The Hall–Kier alpha value is -3.21. The Bertz CT molecular complexity index is 1230. The van der Waals surface area contributed by atoms with Gasteiger partial charge >= 0.3 is 0 Å². The fourth-order valence-corrected chi connectivity index (χ4v) is 5.19. The molecule has 2 fully saturated rings. The van der Waals surface area contributed by atoms with Crippen LogP contribution >= 0.6 is 11.8 Å². The molecule has 0 saturated carbocycles. The van der Waals surface area contributed by atoms with Gasteiger partial charge < -0.3 is 15.1 Å². The van der Waals surface area contributed by atoms with Crippen LogP contribution in [-0.2, 0) is 16.1 Å². The van der Waals surface area contributed by atoms with E-state index >= 15 is 0 Å². The Labute approximate surface area is 207 Å². The number of nitrogens with one attached hydrogen (secondary N) is 1. The van der Waals surface area contributed by atoms with E-state index in [1.165, 1.54) is 17.0 Å². The number of thioether (sulfide) groups is 1. The van der Waals surface area contributed by atoms with E-state index in [0.29, 0.717) is 18.8 Å². The van der Waals surface area contributed by atoms with Crippen molar-refractivity contribution in [1.82, 2.24) is 25.1 Å². The van der Waals surface area contributed by atoms with Crippen LogP contribution < -0.4 is 15.1 Å². The summed E-state index contributed by atoms with van der Waals surface area (Å²) in [5, 5.41) is 9.13. The van der Waals surface area contributed by atoms with Gasteiger partial charge in [-0.05, 0) is 42.9 Å². The molecule has 5 rings (SSSR count). The number of halogens is 1. The quantitative estimate of drug-likeness (QED) is 0.378. The van der Waals surface area contributed by atoms with Crippen LogP contribution in [0.2, 0.25) is 0 Å². The Morgan fingerprint density at radius 3 is 2.71 bits per heavy atom. The average molecular weight is 498 g/mol. The number of anilines is 2. The van der Waals surface area contributed by atoms with E-state index in [-0.39, 0.29) is 30.6 Å². The van der Waals surface area contributed by atoms with Crippen molar-refractivity contribution >= 4 is 46.1 Å². The van der Waals surface area contributed by atoms with Gasteiger partial charge in [0.25, 0.3) is 0 Å². The Morgan fingerprint density at radius 2 is 1.97 bits per heavy atom. The summed E-state index contributed by atoms with van der Waals surface area (Å²) >= 11 is 1.60. The third-order valence-electron chi connectivity index (χ3n) is 6.39. The van der Waals surface area contributed by atoms with Gasteiger partial charge in [0.05, 0.1) is 24.0 Å². The molecule has 1 atom stereocenters. The highest BCUT2D eigenvalue weighted by Gasteiger charge is 2.35. The van der Waals surface area contributed by atoms with Crippen molar-refractivity contribution in [2.45, 2.75) is 37.9 Å². The minimum absolute atomic E-state index is 0.137. The first-order valence-corrected chi connectivity index (χ1v) is 13.0. The lowest BCUT2D eigenvalue weighted by atomic mass is 10.1. The smallest absolute Gasteiger partial charge is 0.227 e. The van der Waals surface area contributed by atoms with Crippen LogP contribution in [0.4, 0.5) is 15.9 Å². The Kier molecular flexibility index (Phi) is 6.85. The maximum absolute atomic E-state index is 13.2. The van der Waals surface area contributed by atoms with E-state index in [0.717, 1.165) is 53.7 Å². The first-order chi connectivity index (χ1) is 17.0. The monoisotopic (exact) mass is 497 g/mol. The average Bonchev–Trinajstić information content (AvgIpc) is 3.60. The summed E-state index contributed by atoms with van der Waals surface area (Å²) in [5.41, 5.74) is 1.37. The molecule has 2 aliphatic heterocycles. The number of benzene rings is 1. The largest absolute Gasteiger partial charge is 0.356 e. The zero-order valence-electron chi connectivity index (χ0n) is 19.6. The zero-order valence-corrected chi connectivity index (χ0v) is 20.4. The Balaban J connectivity index is 1.24. The number of carbonyl (C=O) groups is 2. The highest BCUT2D eigenvalue weighted by molar-refractivity contribution is 7.99. The summed E-state index contributed by atoms with van der Waals surface area (Å²) in [6, 6.07) is 5.74. The molecule has 1 N–H and O–H groups in total. The van der Waals surface area contributed by atoms with Gasteiger partial charge in [0.2, 0.25) is 11.8 Å². The van der Waals surface area contributed by atoms with Crippen molar-refractivity contribution in [1.29, 1.82) is 0 Å². The molecular formula is C24H28FN7O2S. The number of carbonyl (C=O) groups excluding carboxylic acids is 2. The van der Waals surface area contributed by atoms with E-state index in [9.17, 15) is 14.0 Å². The molecule has 2 aliphatic rings. The van der Waals surface area contributed by atoms with Crippen molar-refractivity contribution in [2.24, 2.45) is 5.92 Å². The second kappa shape index (κ2) is 10.2. The second-order valence-electron chi connectivity index (χ2n) is 8.73. The van der Waals surface area contributed by atoms with E-state index in [2.05, 4.69) is 22.2 Å². The number of hydrogen-bond donors (Lipinski definition) is 1. The molecule has 0 spiro atoms. The normalized spacial score (nSPS) is 18.1. The van der Waals surface area contributed by atoms with Gasteiger partial charge in [-0.2, -0.15) is 5.10 Å². The van der Waals surface area contributed by atoms with Crippen molar-refractivity contribution < 1.29 is 14.0 Å². The Morgan fingerprint density at radius 1 is 1.20 bits per heavy atom. The summed E-state index contributed by atoms with van der Waals surface area (Å²) in [6.07, 6.45) is 4.26. The summed E-state index contributed by atoms with van der Waals surface area (Å²) in [4.78, 5) is 38.5. The first-order valence-electron chi connectivity index (χ1n) is 12.0. The summed E-state index contributed by atoms with van der Waals surface area (Å²) in [7, 11) is 0. The van der Waals surface area contributed by atoms with Crippen LogP contribution in [0, 0.1) is 11.7 Å². The van der Waals surface area contributed by atoms with Crippen LogP contribution in [0.1, 0.15) is 26.2 Å². The molecular weight excluding hydrogens is 469 g/mol. The van der Waals surface area contributed by atoms with Crippen molar-refractivity contribution in [3.8, 4) is 0 Å². The lowest BCUT2D eigenvalue weighted by molar-refractivity contribution is -0.126. The maximum Gasteiger partial charge on any atom is 0.227 e. The van der Waals surface area contributed by atoms with E-state index < -0.39 is 5.92 Å². The number of hydrogen-bond acceptors (Lipinski definition) is 7. The second-order valence-corrected chi connectivity index (χ2v) is 9.97. The molecule has 2 amide bonds. The van der Waals surface area contributed by atoms with Gasteiger partial charge in [0.15, 0.2) is 10.8 Å². The lowest BCUT2D eigenvalue weighted by Crippen LogP contribution is -2.35. The van der Waals surface area contributed by atoms with Gasteiger partial charge in [-0.3, -0.25) is 9.59 Å². The molecule has 35 heavy (non-hydrogen) atoms. The number of amides is 2. The van der Waals surface area contributed by atoms with Crippen LogP contribution in [0.3, 0.4) is 0 Å². The fraction of sp³-hybridized carbons (Fsp3) is 0.458. The van der Waals surface area contributed by atoms with E-state index in [1.54, 1.807) is 34.8 Å². The van der Waals surface area contributed by atoms with Crippen molar-refractivity contribution in [3.05, 3.63) is 36.3 Å². The van der Waals surface area contributed by atoms with Gasteiger partial charge in [0.1, 0.15) is 11.6 Å². The molecule has 4 heterocycles. The lowest BCUT2D eigenvalue weighted by Gasteiger charge is -2.18. The summed E-state index contributed by atoms with van der Waals surface area (Å²) < 4.78 is 15.0. The van der Waals surface area contributed by atoms with Crippen molar-refractivity contribution in [3.63, 3.8) is 0 Å². The summed E-state index contributed by atoms with van der Waals surface area (Å²) in [6.45, 7) is 5.16. The van der Waals surface area contributed by atoms with Gasteiger partial charge in [-0.15, -0.1) is 0 Å². The number of fused-ring (bicyclic) bond motifs is 1.